The molecule has 0 saturated carbocycles. The summed E-state index contributed by atoms with van der Waals surface area (Å²) in [7, 11) is 0. The first-order valence-electron chi connectivity index (χ1n) is 9.38. The standard InChI is InChI=1S/C22H25FN2O2/c1-3-19-15-24(22(27)18-10-9-16(2)20(23)13-18)12-11-21(26)25(19)14-17-7-5-4-6-8-17/h4-10,13,19H,3,11-12,14-15H2,1-2H3/t19-/m0/s1. The Morgan fingerprint density at radius 2 is 1.93 bits per heavy atom. The number of aryl methyl sites for hydroxylation is 1. The lowest BCUT2D eigenvalue weighted by Crippen LogP contribution is -2.43. The van der Waals surface area contributed by atoms with Crippen LogP contribution in [0, 0.1) is 12.7 Å². The number of nitrogens with zero attached hydrogens (tertiary/aromatic N) is 2. The Balaban J connectivity index is 1.79. The van der Waals surface area contributed by atoms with Gasteiger partial charge in [0.25, 0.3) is 5.91 Å². The molecule has 0 bridgehead atoms. The van der Waals surface area contributed by atoms with E-state index in [0.717, 1.165) is 12.0 Å². The molecule has 2 aromatic rings. The molecule has 1 saturated heterocycles. The summed E-state index contributed by atoms with van der Waals surface area (Å²) in [6.45, 7) is 5.05. The molecular formula is C22H25FN2O2. The molecule has 0 radical (unpaired) electrons. The Morgan fingerprint density at radius 1 is 1.19 bits per heavy atom. The molecule has 1 aliphatic heterocycles. The monoisotopic (exact) mass is 368 g/mol. The fourth-order valence-electron chi connectivity index (χ4n) is 3.46. The minimum atomic E-state index is -0.385. The van der Waals surface area contributed by atoms with E-state index in [9.17, 15) is 14.0 Å². The summed E-state index contributed by atoms with van der Waals surface area (Å²) in [6.07, 6.45) is 1.04. The van der Waals surface area contributed by atoms with Gasteiger partial charge in [0.2, 0.25) is 5.91 Å². The highest BCUT2D eigenvalue weighted by Crippen LogP contribution is 2.20. The van der Waals surface area contributed by atoms with Crippen LogP contribution in [0.5, 0.6) is 0 Å². The Labute approximate surface area is 159 Å². The maximum absolute atomic E-state index is 13.9. The smallest absolute Gasteiger partial charge is 0.254 e. The normalized spacial score (nSPS) is 17.7. The highest BCUT2D eigenvalue weighted by atomic mass is 19.1. The highest BCUT2D eigenvalue weighted by Gasteiger charge is 2.31. The minimum absolute atomic E-state index is 0.0519. The third kappa shape index (κ3) is 4.35. The van der Waals surface area contributed by atoms with Crippen molar-refractivity contribution in [2.24, 2.45) is 0 Å². The van der Waals surface area contributed by atoms with E-state index in [1.807, 2.05) is 42.2 Å². The summed E-state index contributed by atoms with van der Waals surface area (Å²) in [5.41, 5.74) is 1.92. The second-order valence-corrected chi connectivity index (χ2v) is 7.03. The molecule has 2 aromatic carbocycles. The Hall–Kier alpha value is -2.69. The summed E-state index contributed by atoms with van der Waals surface area (Å²) in [4.78, 5) is 29.2. The van der Waals surface area contributed by atoms with Gasteiger partial charge in [-0.05, 0) is 36.6 Å². The van der Waals surface area contributed by atoms with Crippen LogP contribution in [0.1, 0.15) is 41.3 Å². The first-order chi connectivity index (χ1) is 13.0. The average molecular weight is 368 g/mol. The molecule has 5 heteroatoms. The minimum Gasteiger partial charge on any atom is -0.336 e. The fourth-order valence-corrected chi connectivity index (χ4v) is 3.46. The average Bonchev–Trinajstić information content (AvgIpc) is 2.84. The lowest BCUT2D eigenvalue weighted by molar-refractivity contribution is -0.133. The highest BCUT2D eigenvalue weighted by molar-refractivity contribution is 5.94. The van der Waals surface area contributed by atoms with Crippen molar-refractivity contribution < 1.29 is 14.0 Å². The van der Waals surface area contributed by atoms with Crippen LogP contribution < -0.4 is 0 Å². The molecule has 4 nitrogen and oxygen atoms in total. The van der Waals surface area contributed by atoms with Gasteiger partial charge >= 0.3 is 0 Å². The topological polar surface area (TPSA) is 40.6 Å². The Morgan fingerprint density at radius 3 is 2.59 bits per heavy atom. The van der Waals surface area contributed by atoms with Gasteiger partial charge in [0.05, 0.1) is 0 Å². The molecule has 1 fully saturated rings. The number of benzene rings is 2. The summed E-state index contributed by atoms with van der Waals surface area (Å²) < 4.78 is 13.9. The van der Waals surface area contributed by atoms with Gasteiger partial charge in [-0.15, -0.1) is 0 Å². The lowest BCUT2D eigenvalue weighted by atomic mass is 10.1. The van der Waals surface area contributed by atoms with Crippen LogP contribution in [-0.4, -0.2) is 40.7 Å². The maximum atomic E-state index is 13.9. The van der Waals surface area contributed by atoms with E-state index < -0.39 is 0 Å². The van der Waals surface area contributed by atoms with Crippen molar-refractivity contribution in [3.8, 4) is 0 Å². The van der Waals surface area contributed by atoms with E-state index in [4.69, 9.17) is 0 Å². The number of carbonyl (C=O) groups is 2. The van der Waals surface area contributed by atoms with Crippen molar-refractivity contribution >= 4 is 11.8 Å². The van der Waals surface area contributed by atoms with Crippen molar-refractivity contribution in [2.75, 3.05) is 13.1 Å². The molecule has 0 N–H and O–H groups in total. The van der Waals surface area contributed by atoms with Crippen LogP contribution in [0.4, 0.5) is 4.39 Å². The van der Waals surface area contributed by atoms with E-state index in [0.29, 0.717) is 30.8 Å². The number of halogens is 1. The van der Waals surface area contributed by atoms with Crippen molar-refractivity contribution in [3.63, 3.8) is 0 Å². The van der Waals surface area contributed by atoms with E-state index in [-0.39, 0.29) is 30.1 Å². The molecule has 142 valence electrons. The van der Waals surface area contributed by atoms with Crippen molar-refractivity contribution in [2.45, 2.75) is 39.3 Å². The SMILES string of the molecule is CC[C@H]1CN(C(=O)c2ccc(C)c(F)c2)CCC(=O)N1Cc1ccccc1. The van der Waals surface area contributed by atoms with Crippen molar-refractivity contribution in [1.82, 2.24) is 9.80 Å². The molecular weight excluding hydrogens is 343 g/mol. The second-order valence-electron chi connectivity index (χ2n) is 7.03. The van der Waals surface area contributed by atoms with Crippen LogP contribution >= 0.6 is 0 Å². The van der Waals surface area contributed by atoms with Crippen LogP contribution in [0.2, 0.25) is 0 Å². The van der Waals surface area contributed by atoms with Gasteiger partial charge in [-0.1, -0.05) is 43.3 Å². The molecule has 2 amide bonds. The van der Waals surface area contributed by atoms with E-state index in [1.165, 1.54) is 6.07 Å². The molecule has 27 heavy (non-hydrogen) atoms. The molecule has 1 atom stereocenters. The number of amides is 2. The van der Waals surface area contributed by atoms with E-state index in [1.54, 1.807) is 24.0 Å². The maximum Gasteiger partial charge on any atom is 0.254 e. The third-order valence-electron chi connectivity index (χ3n) is 5.16. The number of carbonyl (C=O) groups excluding carboxylic acids is 2. The second kappa shape index (κ2) is 8.33. The van der Waals surface area contributed by atoms with Crippen LogP contribution in [0.25, 0.3) is 0 Å². The summed E-state index contributed by atoms with van der Waals surface area (Å²) >= 11 is 0. The van der Waals surface area contributed by atoms with Crippen molar-refractivity contribution in [3.05, 3.63) is 71.0 Å². The molecule has 0 aromatic heterocycles. The largest absolute Gasteiger partial charge is 0.336 e. The van der Waals surface area contributed by atoms with Gasteiger partial charge in [0.15, 0.2) is 0 Å². The lowest BCUT2D eigenvalue weighted by Gasteiger charge is -2.31. The summed E-state index contributed by atoms with van der Waals surface area (Å²) in [5, 5.41) is 0. The molecule has 1 aliphatic rings. The third-order valence-corrected chi connectivity index (χ3v) is 5.16. The van der Waals surface area contributed by atoms with Gasteiger partial charge < -0.3 is 9.80 Å². The van der Waals surface area contributed by atoms with E-state index >= 15 is 0 Å². The number of hydrogen-bond donors (Lipinski definition) is 0. The van der Waals surface area contributed by atoms with E-state index in [2.05, 4.69) is 0 Å². The van der Waals surface area contributed by atoms with Gasteiger partial charge in [-0.25, -0.2) is 4.39 Å². The first-order valence-corrected chi connectivity index (χ1v) is 9.38. The number of rotatable bonds is 4. The quantitative estimate of drug-likeness (QED) is 0.824. The van der Waals surface area contributed by atoms with Crippen LogP contribution in [0.15, 0.2) is 48.5 Å². The first kappa shape index (κ1) is 19.1. The van der Waals surface area contributed by atoms with Crippen LogP contribution in [0.3, 0.4) is 0 Å². The summed E-state index contributed by atoms with van der Waals surface area (Å²) in [5.74, 6) is -0.553. The van der Waals surface area contributed by atoms with Gasteiger partial charge in [-0.3, -0.25) is 9.59 Å². The molecule has 1 heterocycles. The van der Waals surface area contributed by atoms with Gasteiger partial charge in [0.1, 0.15) is 5.82 Å². The summed E-state index contributed by atoms with van der Waals surface area (Å²) in [6, 6.07) is 14.4. The zero-order valence-electron chi connectivity index (χ0n) is 15.8. The Bertz CT molecular complexity index is 822. The van der Waals surface area contributed by atoms with Gasteiger partial charge in [0, 0.05) is 37.7 Å². The van der Waals surface area contributed by atoms with Gasteiger partial charge in [-0.2, -0.15) is 0 Å². The fraction of sp³-hybridized carbons (Fsp3) is 0.364. The molecule has 0 spiro atoms. The number of hydrogen-bond acceptors (Lipinski definition) is 2. The zero-order valence-corrected chi connectivity index (χ0v) is 15.8. The Kier molecular flexibility index (Phi) is 5.89. The zero-order chi connectivity index (χ0) is 19.4. The molecule has 0 unspecified atom stereocenters. The van der Waals surface area contributed by atoms with Crippen molar-refractivity contribution in [1.29, 1.82) is 0 Å². The molecule has 3 rings (SSSR count). The van der Waals surface area contributed by atoms with Crippen LogP contribution in [-0.2, 0) is 11.3 Å². The predicted octanol–water partition coefficient (Wildman–Crippen LogP) is 3.79. The molecule has 0 aliphatic carbocycles. The predicted molar refractivity (Wildman–Crippen MR) is 103 cm³/mol.